The van der Waals surface area contributed by atoms with E-state index in [0.717, 1.165) is 58.3 Å². The summed E-state index contributed by atoms with van der Waals surface area (Å²) in [6.07, 6.45) is 7.18. The Morgan fingerprint density at radius 2 is 1.80 bits per heavy atom. The fraction of sp³-hybridized carbons (Fsp3) is 0.524. The normalized spacial score (nSPS) is 19.8. The first-order valence-electron chi connectivity index (χ1n) is 10.6. The number of likely N-dealkylation sites (tertiary alicyclic amines) is 1. The number of fused-ring (bicyclic) bond motifs is 1. The van der Waals surface area contributed by atoms with Gasteiger partial charge in [-0.15, -0.1) is 0 Å². The van der Waals surface area contributed by atoms with Gasteiger partial charge in [-0.3, -0.25) is 9.28 Å². The number of H-pyrrole nitrogens is 2. The Bertz CT molecular complexity index is 1020. The average Bonchev–Trinajstić information content (AvgIpc) is 3.14. The number of imidazole rings is 1. The van der Waals surface area contributed by atoms with Crippen molar-refractivity contribution in [1.82, 2.24) is 15.3 Å². The Morgan fingerprint density at radius 3 is 2.47 bits per heavy atom. The van der Waals surface area contributed by atoms with Crippen molar-refractivity contribution < 1.29 is 14.1 Å². The summed E-state index contributed by atoms with van der Waals surface area (Å²) in [5.41, 5.74) is 6.52. The van der Waals surface area contributed by atoms with Gasteiger partial charge in [-0.05, 0) is 37.3 Å². The van der Waals surface area contributed by atoms with Gasteiger partial charge >= 0.3 is 11.6 Å². The second kappa shape index (κ2) is 8.53. The van der Waals surface area contributed by atoms with Crippen molar-refractivity contribution in [3.63, 3.8) is 0 Å². The van der Waals surface area contributed by atoms with E-state index in [1.54, 1.807) is 12.5 Å². The van der Waals surface area contributed by atoms with Crippen molar-refractivity contribution >= 4 is 34.4 Å². The molecule has 1 aromatic carbocycles. The summed E-state index contributed by atoms with van der Waals surface area (Å²) in [5, 5.41) is 3.69. The van der Waals surface area contributed by atoms with Gasteiger partial charge in [0.1, 0.15) is 0 Å². The van der Waals surface area contributed by atoms with E-state index >= 15 is 0 Å². The second-order valence-corrected chi connectivity index (χ2v) is 8.76. The number of aromatic amines is 2. The highest BCUT2D eigenvalue weighted by Crippen LogP contribution is 2.31. The number of rotatable bonds is 5. The summed E-state index contributed by atoms with van der Waals surface area (Å²) < 4.78 is 0.505. The minimum absolute atomic E-state index is 0.107. The van der Waals surface area contributed by atoms with Crippen molar-refractivity contribution in [1.29, 1.82) is 0 Å². The van der Waals surface area contributed by atoms with Crippen LogP contribution in [0.2, 0.25) is 5.02 Å². The Balaban J connectivity index is 1.62. The Morgan fingerprint density at radius 1 is 1.13 bits per heavy atom. The minimum Gasteiger partial charge on any atom is -0.366 e. The summed E-state index contributed by atoms with van der Waals surface area (Å²) in [7, 11) is 0. The first kappa shape index (κ1) is 21.1. The van der Waals surface area contributed by atoms with Gasteiger partial charge in [0.2, 0.25) is 0 Å². The first-order valence-corrected chi connectivity index (χ1v) is 11.0. The number of nitrogens with two attached hydrogens (primary N) is 1. The number of carbonyl (C=O) groups is 2. The number of carbonyl (C=O) groups excluding carboxylic acids is 2. The summed E-state index contributed by atoms with van der Waals surface area (Å²) in [6, 6.07) is 1.95. The van der Waals surface area contributed by atoms with Crippen LogP contribution in [0.1, 0.15) is 48.0 Å². The fourth-order valence-electron chi connectivity index (χ4n) is 5.17. The van der Waals surface area contributed by atoms with Crippen LogP contribution in [0, 0.1) is 6.42 Å². The number of quaternary nitrogens is 1. The number of nitrogens with one attached hydrogen (secondary N) is 3. The van der Waals surface area contributed by atoms with Crippen LogP contribution in [0.4, 0.5) is 0 Å². The fourth-order valence-corrected chi connectivity index (χ4v) is 5.45. The maximum atomic E-state index is 13.5. The number of hydrogen-bond donors (Lipinski definition) is 4. The van der Waals surface area contributed by atoms with Crippen LogP contribution < -0.4 is 16.7 Å². The minimum atomic E-state index is -0.664. The lowest BCUT2D eigenvalue weighted by atomic mass is 9.94. The van der Waals surface area contributed by atoms with Crippen LogP contribution in [-0.2, 0) is 11.2 Å². The zero-order valence-corrected chi connectivity index (χ0v) is 17.7. The molecule has 1 aromatic heterocycles. The number of amides is 2. The van der Waals surface area contributed by atoms with Crippen molar-refractivity contribution in [3.8, 4) is 0 Å². The Labute approximate surface area is 179 Å². The zero-order chi connectivity index (χ0) is 21.3. The number of benzene rings is 1. The molecule has 5 N–H and O–H groups in total. The molecule has 0 bridgehead atoms. The Hall–Kier alpha value is -2.16. The third-order valence-electron chi connectivity index (χ3n) is 6.64. The maximum Gasteiger partial charge on any atom is 0.323 e. The molecule has 2 aliphatic rings. The van der Waals surface area contributed by atoms with Crippen molar-refractivity contribution in [2.24, 2.45) is 5.73 Å². The van der Waals surface area contributed by atoms with Gasteiger partial charge in [0.25, 0.3) is 5.91 Å². The smallest absolute Gasteiger partial charge is 0.323 e. The highest BCUT2D eigenvalue weighted by Gasteiger charge is 2.44. The molecule has 2 fully saturated rings. The number of hydrogen-bond acceptors (Lipinski definition) is 4. The lowest BCUT2D eigenvalue weighted by Gasteiger charge is -2.46. The maximum absolute atomic E-state index is 13.5. The summed E-state index contributed by atoms with van der Waals surface area (Å²) in [6.45, 7) is 3.62. The van der Waals surface area contributed by atoms with Gasteiger partial charge in [0.05, 0.1) is 47.2 Å². The standard InChI is InChI=1S/C21H27ClN5O3/c22-15-12-13(17(20(23)29)19-18(15)25-21(30)26-19)4-5-16(28)27(10-2-1-3-11-27)14-6-8-24-9-7-14/h5,12,14,24H,1-4,6-11H2,(H3-,23,25,26,29,30)/p+1. The van der Waals surface area contributed by atoms with Crippen molar-refractivity contribution in [3.05, 3.63) is 39.1 Å². The summed E-state index contributed by atoms with van der Waals surface area (Å²) >= 11 is 6.31. The molecule has 161 valence electrons. The molecule has 0 saturated carbocycles. The van der Waals surface area contributed by atoms with Crippen molar-refractivity contribution in [2.45, 2.75) is 44.6 Å². The number of halogens is 1. The van der Waals surface area contributed by atoms with Crippen LogP contribution in [0.25, 0.3) is 11.0 Å². The SMILES string of the molecule is NC(=O)c1c(C[CH]C(=O)[N+]2(C3CCNCC3)CCCCC2)cc(Cl)c2[nH]c(=O)[nH]c12. The largest absolute Gasteiger partial charge is 0.366 e. The summed E-state index contributed by atoms with van der Waals surface area (Å²) in [5.74, 6) is -0.557. The molecule has 0 aliphatic carbocycles. The molecular formula is C21H28ClN5O3+. The van der Waals surface area contributed by atoms with Crippen LogP contribution in [0.5, 0.6) is 0 Å². The van der Waals surface area contributed by atoms with Crippen LogP contribution in [0.15, 0.2) is 10.9 Å². The van der Waals surface area contributed by atoms with Gasteiger partial charge in [0, 0.05) is 25.9 Å². The molecule has 2 saturated heterocycles. The topological polar surface area (TPSA) is 121 Å². The van der Waals surface area contributed by atoms with Crippen LogP contribution in [0.3, 0.4) is 0 Å². The van der Waals surface area contributed by atoms with Crippen LogP contribution in [-0.4, -0.2) is 58.5 Å². The first-order chi connectivity index (χ1) is 14.4. The average molecular weight is 434 g/mol. The zero-order valence-electron chi connectivity index (χ0n) is 16.9. The van der Waals surface area contributed by atoms with E-state index < -0.39 is 11.6 Å². The number of nitrogens with zero attached hydrogens (tertiary/aromatic N) is 1. The van der Waals surface area contributed by atoms with E-state index in [9.17, 15) is 14.4 Å². The molecule has 8 nitrogen and oxygen atoms in total. The molecule has 0 unspecified atom stereocenters. The quantitative estimate of drug-likeness (QED) is 0.535. The molecule has 0 spiro atoms. The van der Waals surface area contributed by atoms with E-state index in [1.165, 1.54) is 0 Å². The van der Waals surface area contributed by atoms with E-state index in [-0.39, 0.29) is 23.4 Å². The molecule has 0 atom stereocenters. The molecule has 4 rings (SSSR count). The Kier molecular flexibility index (Phi) is 5.99. The lowest BCUT2D eigenvalue weighted by Crippen LogP contribution is -2.63. The number of aromatic nitrogens is 2. The van der Waals surface area contributed by atoms with Gasteiger partial charge in [-0.1, -0.05) is 11.6 Å². The second-order valence-electron chi connectivity index (χ2n) is 8.36. The van der Waals surface area contributed by atoms with Gasteiger partial charge < -0.3 is 21.0 Å². The van der Waals surface area contributed by atoms with E-state index in [2.05, 4.69) is 15.3 Å². The third kappa shape index (κ3) is 3.79. The van der Waals surface area contributed by atoms with Crippen molar-refractivity contribution in [2.75, 3.05) is 26.2 Å². The molecule has 30 heavy (non-hydrogen) atoms. The molecule has 2 aromatic rings. The van der Waals surface area contributed by atoms with Gasteiger partial charge in [0.15, 0.2) is 0 Å². The third-order valence-corrected chi connectivity index (χ3v) is 6.94. The van der Waals surface area contributed by atoms with Gasteiger partial charge in [-0.25, -0.2) is 9.59 Å². The van der Waals surface area contributed by atoms with Crippen LogP contribution >= 0.6 is 11.6 Å². The predicted molar refractivity (Wildman–Crippen MR) is 115 cm³/mol. The highest BCUT2D eigenvalue weighted by molar-refractivity contribution is 6.35. The molecule has 2 amide bonds. The molecule has 1 radical (unpaired) electrons. The van der Waals surface area contributed by atoms with E-state index in [1.807, 2.05) is 0 Å². The van der Waals surface area contributed by atoms with Gasteiger partial charge in [-0.2, -0.15) is 0 Å². The lowest BCUT2D eigenvalue weighted by molar-refractivity contribution is -0.884. The predicted octanol–water partition coefficient (Wildman–Crippen LogP) is 1.63. The summed E-state index contributed by atoms with van der Waals surface area (Å²) in [4.78, 5) is 42.6. The number of primary amides is 1. The highest BCUT2D eigenvalue weighted by atomic mass is 35.5. The van der Waals surface area contributed by atoms with E-state index in [0.29, 0.717) is 26.6 Å². The van der Waals surface area contributed by atoms with E-state index in [4.69, 9.17) is 17.3 Å². The molecule has 3 heterocycles. The monoisotopic (exact) mass is 433 g/mol. The number of piperidine rings is 2. The molecule has 9 heteroatoms. The molecule has 2 aliphatic heterocycles. The molecular weight excluding hydrogens is 406 g/mol.